The second kappa shape index (κ2) is 8.55. The van der Waals surface area contributed by atoms with Gasteiger partial charge in [0.25, 0.3) is 0 Å². The largest absolute Gasteiger partial charge is 0.468 e. The van der Waals surface area contributed by atoms with Gasteiger partial charge in [0.1, 0.15) is 5.76 Å². The zero-order valence-corrected chi connectivity index (χ0v) is 17.0. The molecule has 0 amide bonds. The molecular weight excluding hydrogens is 336 g/mol. The molecule has 3 aromatic rings. The summed E-state index contributed by atoms with van der Waals surface area (Å²) < 4.78 is 7.69. The third-order valence-corrected chi connectivity index (χ3v) is 5.12. The molecule has 0 radical (unpaired) electrons. The molecule has 2 heterocycles. The van der Waals surface area contributed by atoms with E-state index in [9.17, 15) is 0 Å². The van der Waals surface area contributed by atoms with E-state index in [0.29, 0.717) is 0 Å². The summed E-state index contributed by atoms with van der Waals surface area (Å²) in [5.74, 6) is 0.982. The molecule has 0 aliphatic carbocycles. The minimum Gasteiger partial charge on any atom is -0.468 e. The lowest BCUT2D eigenvalue weighted by Gasteiger charge is -2.22. The fourth-order valence-corrected chi connectivity index (χ4v) is 3.36. The fourth-order valence-electron chi connectivity index (χ4n) is 3.36. The molecule has 144 valence electrons. The summed E-state index contributed by atoms with van der Waals surface area (Å²) in [6, 6.07) is 12.8. The summed E-state index contributed by atoms with van der Waals surface area (Å²) in [5, 5.41) is 8.34. The van der Waals surface area contributed by atoms with Gasteiger partial charge in [-0.15, -0.1) is 0 Å². The van der Waals surface area contributed by atoms with Crippen molar-refractivity contribution in [3.8, 4) is 0 Å². The number of nitrogens with one attached hydrogen (secondary N) is 1. The summed E-state index contributed by atoms with van der Waals surface area (Å²) in [6.07, 6.45) is 1.73. The van der Waals surface area contributed by atoms with Gasteiger partial charge in [-0.1, -0.05) is 29.8 Å². The lowest BCUT2D eigenvalue weighted by Crippen LogP contribution is -2.30. The van der Waals surface area contributed by atoms with E-state index in [2.05, 4.69) is 74.0 Å². The molecule has 0 aliphatic heterocycles. The number of hydrogen-bond donors (Lipinski definition) is 1. The van der Waals surface area contributed by atoms with Crippen LogP contribution in [0.1, 0.15) is 39.9 Å². The molecule has 1 atom stereocenters. The summed E-state index contributed by atoms with van der Waals surface area (Å²) in [4.78, 5) is 2.17. The Bertz CT molecular complexity index is 847. The molecule has 1 aromatic carbocycles. The first-order chi connectivity index (χ1) is 13.0. The molecule has 0 aliphatic rings. The van der Waals surface area contributed by atoms with Crippen LogP contribution in [-0.4, -0.2) is 35.3 Å². The van der Waals surface area contributed by atoms with Crippen molar-refractivity contribution in [3.05, 3.63) is 76.5 Å². The molecule has 0 spiro atoms. The normalized spacial score (nSPS) is 12.7. The second-order valence-electron chi connectivity index (χ2n) is 7.42. The summed E-state index contributed by atoms with van der Waals surface area (Å²) in [6.45, 7) is 8.78. The first-order valence-corrected chi connectivity index (χ1v) is 9.44. The maximum absolute atomic E-state index is 5.59. The van der Waals surface area contributed by atoms with Crippen LogP contribution < -0.4 is 5.32 Å². The highest BCUT2D eigenvalue weighted by Crippen LogP contribution is 2.19. The van der Waals surface area contributed by atoms with Crippen LogP contribution in [0.15, 0.2) is 47.1 Å². The van der Waals surface area contributed by atoms with Gasteiger partial charge < -0.3 is 9.73 Å². The molecule has 5 heteroatoms. The smallest absolute Gasteiger partial charge is 0.122 e. The standard InChI is InChI=1S/C22H30N4O/c1-16-8-10-19(11-9-16)15-26-18(3)20(17(2)24-26)13-23-14-21(25(4)5)22-7-6-12-27-22/h6-12,21,23H,13-15H2,1-5H3/t21-/m0/s1. The van der Waals surface area contributed by atoms with Gasteiger partial charge in [-0.2, -0.15) is 5.10 Å². The third-order valence-electron chi connectivity index (χ3n) is 5.12. The van der Waals surface area contributed by atoms with Crippen LogP contribution in [0.25, 0.3) is 0 Å². The van der Waals surface area contributed by atoms with E-state index in [-0.39, 0.29) is 6.04 Å². The maximum Gasteiger partial charge on any atom is 0.122 e. The number of furan rings is 1. The minimum absolute atomic E-state index is 0.211. The van der Waals surface area contributed by atoms with E-state index < -0.39 is 0 Å². The van der Waals surface area contributed by atoms with Crippen molar-refractivity contribution in [1.82, 2.24) is 20.0 Å². The average Bonchev–Trinajstić information content (AvgIpc) is 3.24. The fraction of sp³-hybridized carbons (Fsp3) is 0.409. The van der Waals surface area contributed by atoms with E-state index in [1.54, 1.807) is 6.26 Å². The highest BCUT2D eigenvalue weighted by Gasteiger charge is 2.17. The molecule has 0 bridgehead atoms. The van der Waals surface area contributed by atoms with E-state index in [0.717, 1.165) is 31.1 Å². The van der Waals surface area contributed by atoms with Gasteiger partial charge in [0, 0.05) is 24.3 Å². The Kier molecular flexibility index (Phi) is 6.14. The van der Waals surface area contributed by atoms with Gasteiger partial charge in [-0.25, -0.2) is 0 Å². The van der Waals surface area contributed by atoms with E-state index in [4.69, 9.17) is 9.52 Å². The first-order valence-electron chi connectivity index (χ1n) is 9.44. The highest BCUT2D eigenvalue weighted by molar-refractivity contribution is 5.27. The SMILES string of the molecule is Cc1ccc(Cn2nc(C)c(CNC[C@@H](c3ccco3)N(C)C)c2C)cc1. The Morgan fingerprint density at radius 3 is 2.48 bits per heavy atom. The van der Waals surface area contributed by atoms with Crippen LogP contribution >= 0.6 is 0 Å². The highest BCUT2D eigenvalue weighted by atomic mass is 16.3. The average molecular weight is 367 g/mol. The van der Waals surface area contributed by atoms with Crippen LogP contribution in [0.2, 0.25) is 0 Å². The van der Waals surface area contributed by atoms with Crippen LogP contribution in [0.5, 0.6) is 0 Å². The van der Waals surface area contributed by atoms with Gasteiger partial charge in [-0.3, -0.25) is 9.58 Å². The quantitative estimate of drug-likeness (QED) is 0.658. The zero-order chi connectivity index (χ0) is 19.4. The lowest BCUT2D eigenvalue weighted by atomic mass is 10.1. The zero-order valence-electron chi connectivity index (χ0n) is 17.0. The summed E-state index contributed by atoms with van der Waals surface area (Å²) >= 11 is 0. The Balaban J connectivity index is 1.65. The molecular formula is C22H30N4O. The minimum atomic E-state index is 0.211. The van der Waals surface area contributed by atoms with Gasteiger partial charge in [0.2, 0.25) is 0 Å². The number of rotatable bonds is 8. The van der Waals surface area contributed by atoms with Gasteiger partial charge in [0.15, 0.2) is 0 Å². The van der Waals surface area contributed by atoms with Crippen LogP contribution in [0.4, 0.5) is 0 Å². The Hall–Kier alpha value is -2.37. The number of aromatic nitrogens is 2. The predicted octanol–water partition coefficient (Wildman–Crippen LogP) is 3.84. The van der Waals surface area contributed by atoms with E-state index in [1.165, 1.54) is 22.4 Å². The Labute approximate surface area is 162 Å². The van der Waals surface area contributed by atoms with Crippen molar-refractivity contribution >= 4 is 0 Å². The van der Waals surface area contributed by atoms with Crippen LogP contribution in [-0.2, 0) is 13.1 Å². The summed E-state index contributed by atoms with van der Waals surface area (Å²) in [7, 11) is 4.15. The molecule has 2 aromatic heterocycles. The van der Waals surface area contributed by atoms with Gasteiger partial charge in [0.05, 0.1) is 24.5 Å². The molecule has 3 rings (SSSR count). The van der Waals surface area contributed by atoms with E-state index >= 15 is 0 Å². The summed E-state index contributed by atoms with van der Waals surface area (Å²) in [5.41, 5.74) is 6.14. The number of benzene rings is 1. The van der Waals surface area contributed by atoms with Crippen molar-refractivity contribution in [2.75, 3.05) is 20.6 Å². The molecule has 0 unspecified atom stereocenters. The molecule has 1 N–H and O–H groups in total. The second-order valence-corrected chi connectivity index (χ2v) is 7.42. The first kappa shape index (κ1) is 19.4. The predicted molar refractivity (Wildman–Crippen MR) is 109 cm³/mol. The maximum atomic E-state index is 5.59. The molecule has 5 nitrogen and oxygen atoms in total. The third kappa shape index (κ3) is 4.67. The lowest BCUT2D eigenvalue weighted by molar-refractivity contribution is 0.250. The number of likely N-dealkylation sites (N-methyl/N-ethyl adjacent to an activating group) is 1. The van der Waals surface area contributed by atoms with Crippen molar-refractivity contribution in [3.63, 3.8) is 0 Å². The van der Waals surface area contributed by atoms with E-state index in [1.807, 2.05) is 12.1 Å². The Morgan fingerprint density at radius 1 is 1.11 bits per heavy atom. The topological polar surface area (TPSA) is 46.2 Å². The molecule has 27 heavy (non-hydrogen) atoms. The monoisotopic (exact) mass is 366 g/mol. The van der Waals surface area contributed by atoms with Crippen LogP contribution in [0.3, 0.4) is 0 Å². The van der Waals surface area contributed by atoms with Crippen LogP contribution in [0, 0.1) is 20.8 Å². The van der Waals surface area contributed by atoms with Crippen molar-refractivity contribution in [1.29, 1.82) is 0 Å². The van der Waals surface area contributed by atoms with Crippen molar-refractivity contribution < 1.29 is 4.42 Å². The molecule has 0 fully saturated rings. The molecule has 0 saturated heterocycles. The van der Waals surface area contributed by atoms with Crippen molar-refractivity contribution in [2.24, 2.45) is 0 Å². The Morgan fingerprint density at radius 2 is 1.85 bits per heavy atom. The van der Waals surface area contributed by atoms with Gasteiger partial charge >= 0.3 is 0 Å². The number of nitrogens with zero attached hydrogens (tertiary/aromatic N) is 3. The van der Waals surface area contributed by atoms with Crippen molar-refractivity contribution in [2.45, 2.75) is 39.9 Å². The molecule has 0 saturated carbocycles. The number of hydrogen-bond acceptors (Lipinski definition) is 4. The van der Waals surface area contributed by atoms with Gasteiger partial charge in [-0.05, 0) is 52.6 Å². The number of aryl methyl sites for hydroxylation is 2.